The molecule has 0 rings (SSSR count). The summed E-state index contributed by atoms with van der Waals surface area (Å²) >= 11 is 0. The van der Waals surface area contributed by atoms with E-state index in [1.54, 1.807) is 0 Å². The van der Waals surface area contributed by atoms with E-state index in [1.807, 2.05) is 0 Å². The third kappa shape index (κ3) is 12.0. The number of hydrogen-bond acceptors (Lipinski definition) is 1. The molecule has 0 atom stereocenters. The molecule has 1 radical (unpaired) electrons. The summed E-state index contributed by atoms with van der Waals surface area (Å²) in [5, 5.41) is 0. The van der Waals surface area contributed by atoms with Crippen molar-refractivity contribution in [2.45, 2.75) is 98.1 Å². The molecular formula is C16H35NNa. The van der Waals surface area contributed by atoms with Crippen LogP contribution >= 0.6 is 0 Å². The van der Waals surface area contributed by atoms with Crippen LogP contribution < -0.4 is 0 Å². The molecule has 105 valence electrons. The van der Waals surface area contributed by atoms with Crippen LogP contribution in [-0.2, 0) is 0 Å². The van der Waals surface area contributed by atoms with Gasteiger partial charge in [-0.3, -0.25) is 4.90 Å². The molecule has 2 heteroatoms. The zero-order valence-electron chi connectivity index (χ0n) is 14.0. The third-order valence-electron chi connectivity index (χ3n) is 3.60. The first kappa shape index (κ1) is 21.3. The van der Waals surface area contributed by atoms with Gasteiger partial charge in [-0.2, -0.15) is 0 Å². The largest absolute Gasteiger partial charge is 0.299 e. The fraction of sp³-hybridized carbons (Fsp3) is 1.00. The van der Waals surface area contributed by atoms with Gasteiger partial charge in [0.2, 0.25) is 0 Å². The van der Waals surface area contributed by atoms with E-state index in [4.69, 9.17) is 0 Å². The van der Waals surface area contributed by atoms with Gasteiger partial charge in [0, 0.05) is 41.6 Å². The van der Waals surface area contributed by atoms with Crippen molar-refractivity contribution < 1.29 is 0 Å². The molecule has 0 fully saturated rings. The van der Waals surface area contributed by atoms with E-state index in [1.165, 1.54) is 57.9 Å². The van der Waals surface area contributed by atoms with Gasteiger partial charge in [-0.05, 0) is 40.7 Å². The fourth-order valence-corrected chi connectivity index (χ4v) is 2.54. The molecule has 0 bridgehead atoms. The average Bonchev–Trinajstić information content (AvgIpc) is 2.26. The van der Waals surface area contributed by atoms with E-state index in [2.05, 4.69) is 39.5 Å². The molecular weight excluding hydrogens is 229 g/mol. The van der Waals surface area contributed by atoms with E-state index in [9.17, 15) is 0 Å². The molecule has 0 saturated carbocycles. The Kier molecular flexibility index (Phi) is 17.0. The Hall–Kier alpha value is 0.960. The van der Waals surface area contributed by atoms with E-state index < -0.39 is 0 Å². The topological polar surface area (TPSA) is 3.24 Å². The van der Waals surface area contributed by atoms with Crippen LogP contribution in [0.5, 0.6) is 0 Å². The van der Waals surface area contributed by atoms with Gasteiger partial charge in [0.15, 0.2) is 0 Å². The fourth-order valence-electron chi connectivity index (χ4n) is 2.54. The van der Waals surface area contributed by atoms with Crippen molar-refractivity contribution in [1.82, 2.24) is 4.90 Å². The van der Waals surface area contributed by atoms with Gasteiger partial charge in [0.1, 0.15) is 0 Å². The summed E-state index contributed by atoms with van der Waals surface area (Å²) in [6.07, 6.45) is 11.4. The summed E-state index contributed by atoms with van der Waals surface area (Å²) < 4.78 is 0. The van der Waals surface area contributed by atoms with Crippen molar-refractivity contribution in [3.8, 4) is 0 Å². The summed E-state index contributed by atoms with van der Waals surface area (Å²) in [5.41, 5.74) is 0. The predicted octanol–water partition coefficient (Wildman–Crippen LogP) is 4.87. The van der Waals surface area contributed by atoms with Gasteiger partial charge in [0.05, 0.1) is 0 Å². The van der Waals surface area contributed by atoms with Gasteiger partial charge in [-0.1, -0.05) is 51.9 Å². The summed E-state index contributed by atoms with van der Waals surface area (Å²) in [6, 6.07) is 1.39. The number of nitrogens with zero attached hydrogens (tertiary/aromatic N) is 1. The maximum atomic E-state index is 2.61. The standard InChI is InChI=1S/C16H35N.Na/c1-6-7-8-9-10-11-12-13-14-17(15(2)3)16(4)5;/h15-16H,6-14H2,1-5H3;. The minimum atomic E-state index is 0. The van der Waals surface area contributed by atoms with Gasteiger partial charge in [-0.25, -0.2) is 0 Å². The minimum Gasteiger partial charge on any atom is -0.299 e. The predicted molar refractivity (Wildman–Crippen MR) is 85.3 cm³/mol. The smallest absolute Gasteiger partial charge is 0.00412 e. The van der Waals surface area contributed by atoms with Gasteiger partial charge < -0.3 is 0 Å². The Morgan fingerprint density at radius 2 is 1.06 bits per heavy atom. The minimum absolute atomic E-state index is 0. The molecule has 0 N–H and O–H groups in total. The molecule has 18 heavy (non-hydrogen) atoms. The van der Waals surface area contributed by atoms with Crippen molar-refractivity contribution in [2.75, 3.05) is 6.54 Å². The second-order valence-corrected chi connectivity index (χ2v) is 5.90. The average molecular weight is 264 g/mol. The van der Waals surface area contributed by atoms with Crippen molar-refractivity contribution in [2.24, 2.45) is 0 Å². The first-order valence-corrected chi connectivity index (χ1v) is 7.85. The second kappa shape index (κ2) is 14.4. The summed E-state index contributed by atoms with van der Waals surface area (Å²) in [7, 11) is 0. The van der Waals surface area contributed by atoms with E-state index in [0.717, 1.165) is 0 Å². The molecule has 0 spiro atoms. The van der Waals surface area contributed by atoms with Crippen LogP contribution in [0.4, 0.5) is 0 Å². The molecule has 1 nitrogen and oxygen atoms in total. The quantitative estimate of drug-likeness (QED) is 0.380. The van der Waals surface area contributed by atoms with Crippen molar-refractivity contribution in [1.29, 1.82) is 0 Å². The van der Waals surface area contributed by atoms with Gasteiger partial charge >= 0.3 is 0 Å². The van der Waals surface area contributed by atoms with Crippen LogP contribution in [-0.4, -0.2) is 53.1 Å². The van der Waals surface area contributed by atoms with Crippen LogP contribution in [0.15, 0.2) is 0 Å². The van der Waals surface area contributed by atoms with Crippen molar-refractivity contribution in [3.05, 3.63) is 0 Å². The van der Waals surface area contributed by atoms with E-state index >= 15 is 0 Å². The number of unbranched alkanes of at least 4 members (excludes halogenated alkanes) is 7. The first-order chi connectivity index (χ1) is 8.09. The molecule has 0 aliphatic carbocycles. The van der Waals surface area contributed by atoms with Crippen LogP contribution in [0, 0.1) is 0 Å². The SMILES string of the molecule is CCCCCCCCCCN(C(C)C)C(C)C.[Na]. The van der Waals surface area contributed by atoms with Crippen molar-refractivity contribution in [3.63, 3.8) is 0 Å². The Labute approximate surface area is 138 Å². The van der Waals surface area contributed by atoms with Gasteiger partial charge in [-0.15, -0.1) is 0 Å². The maximum Gasteiger partial charge on any atom is 0.00412 e. The van der Waals surface area contributed by atoms with Crippen molar-refractivity contribution >= 4 is 29.6 Å². The third-order valence-corrected chi connectivity index (χ3v) is 3.60. The molecule has 0 aliphatic rings. The number of hydrogen-bond donors (Lipinski definition) is 0. The molecule has 0 amide bonds. The zero-order valence-corrected chi connectivity index (χ0v) is 16.0. The maximum absolute atomic E-state index is 2.61. The normalized spacial score (nSPS) is 11.3. The summed E-state index contributed by atoms with van der Waals surface area (Å²) in [4.78, 5) is 2.61. The summed E-state index contributed by atoms with van der Waals surface area (Å²) in [5.74, 6) is 0. The molecule has 0 aromatic heterocycles. The number of rotatable bonds is 11. The molecule has 0 aromatic carbocycles. The van der Waals surface area contributed by atoms with E-state index in [-0.39, 0.29) is 29.6 Å². The Morgan fingerprint density at radius 1 is 0.667 bits per heavy atom. The second-order valence-electron chi connectivity index (χ2n) is 5.90. The summed E-state index contributed by atoms with van der Waals surface area (Å²) in [6.45, 7) is 12.8. The van der Waals surface area contributed by atoms with E-state index in [0.29, 0.717) is 12.1 Å². The Bertz CT molecular complexity index is 149. The first-order valence-electron chi connectivity index (χ1n) is 7.85. The molecule has 0 aromatic rings. The molecule has 0 unspecified atom stereocenters. The Morgan fingerprint density at radius 3 is 1.44 bits per heavy atom. The van der Waals surface area contributed by atoms with Crippen LogP contribution in [0.3, 0.4) is 0 Å². The molecule has 0 aliphatic heterocycles. The zero-order chi connectivity index (χ0) is 13.1. The van der Waals surface area contributed by atoms with Gasteiger partial charge in [0.25, 0.3) is 0 Å². The molecule has 0 heterocycles. The van der Waals surface area contributed by atoms with Crippen LogP contribution in [0.2, 0.25) is 0 Å². The van der Waals surface area contributed by atoms with Crippen LogP contribution in [0.1, 0.15) is 86.0 Å². The Balaban J connectivity index is 0. The molecule has 0 saturated heterocycles. The van der Waals surface area contributed by atoms with Crippen LogP contribution in [0.25, 0.3) is 0 Å². The monoisotopic (exact) mass is 264 g/mol.